The monoisotopic (exact) mass is 198 g/mol. The summed E-state index contributed by atoms with van der Waals surface area (Å²) >= 11 is 0. The van der Waals surface area contributed by atoms with E-state index in [0.717, 1.165) is 11.8 Å². The lowest BCUT2D eigenvalue weighted by Gasteiger charge is -2.05. The summed E-state index contributed by atoms with van der Waals surface area (Å²) in [7, 11) is 0. The van der Waals surface area contributed by atoms with Crippen LogP contribution in [0, 0.1) is 11.8 Å². The Bertz CT molecular complexity index is 79.1. The third kappa shape index (κ3) is 12.0. The topological polar surface area (TPSA) is 0 Å². The van der Waals surface area contributed by atoms with Gasteiger partial charge >= 0.3 is 0 Å². The number of hydrogen-bond acceptors (Lipinski definition) is 0. The molecule has 0 spiro atoms. The van der Waals surface area contributed by atoms with Gasteiger partial charge in [-0.25, -0.2) is 0 Å². The van der Waals surface area contributed by atoms with E-state index in [1.54, 1.807) is 0 Å². The molecule has 0 atom stereocenters. The van der Waals surface area contributed by atoms with E-state index in [1.807, 2.05) is 0 Å². The molecule has 0 nitrogen and oxygen atoms in total. The van der Waals surface area contributed by atoms with Crippen molar-refractivity contribution in [3.63, 3.8) is 0 Å². The molecule has 0 saturated heterocycles. The fourth-order valence-corrected chi connectivity index (χ4v) is 1.73. The first-order chi connectivity index (χ1) is 6.63. The van der Waals surface area contributed by atoms with Gasteiger partial charge in [0.2, 0.25) is 0 Å². The highest BCUT2D eigenvalue weighted by atomic mass is 14.0. The highest BCUT2D eigenvalue weighted by Gasteiger charge is 1.96. The standard InChI is InChI=1S/C8H18.C6H12/c1-7(2)5-6-8(3)4;1-2-4-6-5-3-1/h7-8H,5-6H2,1-4H3;1-6H2. The minimum Gasteiger partial charge on any atom is -0.0628 e. The molecule has 0 amide bonds. The van der Waals surface area contributed by atoms with Gasteiger partial charge in [0.05, 0.1) is 0 Å². The lowest BCUT2D eigenvalue weighted by atomic mass is 10.0. The van der Waals surface area contributed by atoms with Crippen LogP contribution in [0.15, 0.2) is 0 Å². The van der Waals surface area contributed by atoms with Crippen LogP contribution in [0.4, 0.5) is 0 Å². The molecule has 0 aromatic heterocycles. The van der Waals surface area contributed by atoms with Crippen LogP contribution in [0.1, 0.15) is 79.1 Å². The van der Waals surface area contributed by atoms with Gasteiger partial charge in [-0.3, -0.25) is 0 Å². The summed E-state index contributed by atoms with van der Waals surface area (Å²) in [4.78, 5) is 0. The van der Waals surface area contributed by atoms with Crippen molar-refractivity contribution in [1.82, 2.24) is 0 Å². The van der Waals surface area contributed by atoms with Crippen LogP contribution in [0.3, 0.4) is 0 Å². The molecule has 1 saturated carbocycles. The van der Waals surface area contributed by atoms with E-state index in [2.05, 4.69) is 27.7 Å². The first-order valence-electron chi connectivity index (χ1n) is 6.63. The summed E-state index contributed by atoms with van der Waals surface area (Å²) in [6.45, 7) is 9.12. The van der Waals surface area contributed by atoms with Gasteiger partial charge in [-0.15, -0.1) is 0 Å². The van der Waals surface area contributed by atoms with Gasteiger partial charge in [-0.1, -0.05) is 79.1 Å². The fraction of sp³-hybridized carbons (Fsp3) is 1.00. The first-order valence-corrected chi connectivity index (χ1v) is 6.63. The highest BCUT2D eigenvalue weighted by molar-refractivity contribution is 4.51. The lowest BCUT2D eigenvalue weighted by Crippen LogP contribution is -1.91. The van der Waals surface area contributed by atoms with Gasteiger partial charge in [-0.05, 0) is 11.8 Å². The summed E-state index contributed by atoms with van der Waals surface area (Å²) < 4.78 is 0. The maximum atomic E-state index is 2.28. The van der Waals surface area contributed by atoms with Crippen LogP contribution in [0.2, 0.25) is 0 Å². The van der Waals surface area contributed by atoms with Crippen molar-refractivity contribution in [3.05, 3.63) is 0 Å². The predicted octanol–water partition coefficient (Wildman–Crippen LogP) is 5.42. The Morgan fingerprint density at radius 3 is 0.929 bits per heavy atom. The summed E-state index contributed by atoms with van der Waals surface area (Å²) in [5.41, 5.74) is 0. The van der Waals surface area contributed by atoms with Crippen molar-refractivity contribution >= 4 is 0 Å². The Kier molecular flexibility index (Phi) is 9.55. The fourth-order valence-electron chi connectivity index (χ4n) is 1.73. The lowest BCUT2D eigenvalue weighted by molar-refractivity contribution is 0.476. The maximum absolute atomic E-state index is 2.28. The summed E-state index contributed by atoms with van der Waals surface area (Å²) in [6, 6.07) is 0. The zero-order valence-electron chi connectivity index (χ0n) is 10.8. The average Bonchev–Trinajstić information content (AvgIpc) is 2.18. The van der Waals surface area contributed by atoms with E-state index >= 15 is 0 Å². The Labute approximate surface area is 91.5 Å². The Hall–Kier alpha value is 0. The molecule has 0 unspecified atom stereocenters. The molecule has 1 aliphatic rings. The molecule has 86 valence electrons. The summed E-state index contributed by atoms with van der Waals surface area (Å²) in [5, 5.41) is 0. The van der Waals surface area contributed by atoms with Gasteiger partial charge in [0.15, 0.2) is 0 Å². The second-order valence-corrected chi connectivity index (χ2v) is 5.49. The molecule has 0 N–H and O–H groups in total. The van der Waals surface area contributed by atoms with E-state index in [0.29, 0.717) is 0 Å². The van der Waals surface area contributed by atoms with E-state index in [4.69, 9.17) is 0 Å². The summed E-state index contributed by atoms with van der Waals surface area (Å²) in [5.74, 6) is 1.77. The zero-order chi connectivity index (χ0) is 10.8. The van der Waals surface area contributed by atoms with Crippen molar-refractivity contribution in [3.8, 4) is 0 Å². The van der Waals surface area contributed by atoms with Crippen LogP contribution in [0.5, 0.6) is 0 Å². The van der Waals surface area contributed by atoms with Gasteiger partial charge in [0, 0.05) is 0 Å². The highest BCUT2D eigenvalue weighted by Crippen LogP contribution is 2.15. The second kappa shape index (κ2) is 9.55. The molecule has 0 aromatic carbocycles. The molecule has 0 radical (unpaired) electrons. The molecule has 1 aliphatic carbocycles. The SMILES string of the molecule is C1CCCCC1.CC(C)CCC(C)C. The molecular formula is C14H30. The zero-order valence-corrected chi connectivity index (χ0v) is 10.8. The molecule has 0 aliphatic heterocycles. The molecular weight excluding hydrogens is 168 g/mol. The van der Waals surface area contributed by atoms with E-state index in [1.165, 1.54) is 51.4 Å². The van der Waals surface area contributed by atoms with Crippen molar-refractivity contribution in [2.75, 3.05) is 0 Å². The first kappa shape index (κ1) is 14.0. The molecule has 14 heavy (non-hydrogen) atoms. The number of hydrogen-bond donors (Lipinski definition) is 0. The summed E-state index contributed by atoms with van der Waals surface area (Å²) in [6.07, 6.45) is 11.8. The van der Waals surface area contributed by atoms with Crippen molar-refractivity contribution in [2.45, 2.75) is 79.1 Å². The van der Waals surface area contributed by atoms with E-state index in [9.17, 15) is 0 Å². The minimum atomic E-state index is 0.886. The van der Waals surface area contributed by atoms with Crippen molar-refractivity contribution < 1.29 is 0 Å². The smallest absolute Gasteiger partial charge is 0.0471 e. The molecule has 0 heterocycles. The van der Waals surface area contributed by atoms with Gasteiger partial charge in [0.1, 0.15) is 0 Å². The molecule has 0 bridgehead atoms. The second-order valence-electron chi connectivity index (χ2n) is 5.49. The Morgan fingerprint density at radius 2 is 0.786 bits per heavy atom. The normalized spacial score (nSPS) is 16.7. The molecule has 1 rings (SSSR count). The Balaban J connectivity index is 0.000000249. The quantitative estimate of drug-likeness (QED) is 0.568. The van der Waals surface area contributed by atoms with Crippen LogP contribution in [-0.4, -0.2) is 0 Å². The van der Waals surface area contributed by atoms with Crippen molar-refractivity contribution in [2.24, 2.45) is 11.8 Å². The van der Waals surface area contributed by atoms with Crippen LogP contribution >= 0.6 is 0 Å². The van der Waals surface area contributed by atoms with Gasteiger partial charge in [-0.2, -0.15) is 0 Å². The van der Waals surface area contributed by atoms with Crippen molar-refractivity contribution in [1.29, 1.82) is 0 Å². The van der Waals surface area contributed by atoms with E-state index < -0.39 is 0 Å². The van der Waals surface area contributed by atoms with Gasteiger partial charge < -0.3 is 0 Å². The molecule has 1 fully saturated rings. The van der Waals surface area contributed by atoms with E-state index in [-0.39, 0.29) is 0 Å². The minimum absolute atomic E-state index is 0.886. The third-order valence-corrected chi connectivity index (χ3v) is 2.82. The molecule has 0 aromatic rings. The third-order valence-electron chi connectivity index (χ3n) is 2.82. The maximum Gasteiger partial charge on any atom is -0.0471 e. The van der Waals surface area contributed by atoms with Crippen LogP contribution in [-0.2, 0) is 0 Å². The van der Waals surface area contributed by atoms with Crippen LogP contribution < -0.4 is 0 Å². The Morgan fingerprint density at radius 1 is 0.571 bits per heavy atom. The largest absolute Gasteiger partial charge is 0.0628 e. The van der Waals surface area contributed by atoms with Gasteiger partial charge in [0.25, 0.3) is 0 Å². The number of rotatable bonds is 3. The molecule has 0 heteroatoms. The predicted molar refractivity (Wildman–Crippen MR) is 66.6 cm³/mol. The van der Waals surface area contributed by atoms with Crippen LogP contribution in [0.25, 0.3) is 0 Å². The average molecular weight is 198 g/mol.